The van der Waals surface area contributed by atoms with Crippen LogP contribution in [0.4, 0.5) is 4.79 Å². The third kappa shape index (κ3) is 4.75. The number of amides is 1. The molecule has 3 aromatic rings. The van der Waals surface area contributed by atoms with Crippen molar-refractivity contribution < 1.29 is 19.1 Å². The number of ether oxygens (including phenoxy) is 2. The van der Waals surface area contributed by atoms with E-state index in [4.69, 9.17) is 9.47 Å². The van der Waals surface area contributed by atoms with E-state index >= 15 is 0 Å². The highest BCUT2D eigenvalue weighted by Gasteiger charge is 2.30. The van der Waals surface area contributed by atoms with Crippen molar-refractivity contribution in [1.82, 2.24) is 4.90 Å². The zero-order chi connectivity index (χ0) is 22.5. The predicted octanol–water partition coefficient (Wildman–Crippen LogP) is 6.01. The summed E-state index contributed by atoms with van der Waals surface area (Å²) in [5.74, 6) is -0.385. The standard InChI is InChI=1S/C26H25NO4S/c1-18-23(13-15-32-18)22-12-14-27(26(29)31-17-19-6-4-3-5-7-19)24(16-22)20-8-10-21(11-9-20)25(28)30-2/h3-11,13,15-16,24H,12,14,17H2,1-2H3/t24-/m0/s1. The van der Waals surface area contributed by atoms with Crippen molar-refractivity contribution in [3.05, 3.63) is 99.3 Å². The van der Waals surface area contributed by atoms with Gasteiger partial charge in [-0.2, -0.15) is 0 Å². The van der Waals surface area contributed by atoms with Crippen molar-refractivity contribution in [3.8, 4) is 0 Å². The molecular weight excluding hydrogens is 422 g/mol. The van der Waals surface area contributed by atoms with Crippen LogP contribution in [0.2, 0.25) is 0 Å². The zero-order valence-electron chi connectivity index (χ0n) is 18.1. The number of methoxy groups -OCH3 is 1. The second-order valence-corrected chi connectivity index (χ2v) is 8.74. The molecule has 1 amide bonds. The summed E-state index contributed by atoms with van der Waals surface area (Å²) in [5.41, 5.74) is 4.78. The van der Waals surface area contributed by atoms with E-state index in [-0.39, 0.29) is 24.7 Å². The first-order chi connectivity index (χ1) is 15.6. The molecule has 1 aromatic heterocycles. The van der Waals surface area contributed by atoms with Gasteiger partial charge in [-0.15, -0.1) is 11.3 Å². The highest BCUT2D eigenvalue weighted by atomic mass is 32.1. The van der Waals surface area contributed by atoms with Crippen LogP contribution in [0.15, 0.2) is 72.1 Å². The van der Waals surface area contributed by atoms with Gasteiger partial charge in [0.2, 0.25) is 0 Å². The van der Waals surface area contributed by atoms with Crippen molar-refractivity contribution >= 4 is 29.0 Å². The van der Waals surface area contributed by atoms with Crippen molar-refractivity contribution in [2.45, 2.75) is 26.0 Å². The summed E-state index contributed by atoms with van der Waals surface area (Å²) in [7, 11) is 1.36. The van der Waals surface area contributed by atoms with Gasteiger partial charge in [-0.05, 0) is 59.2 Å². The number of rotatable bonds is 5. The third-order valence-corrected chi connectivity index (χ3v) is 6.48. The predicted molar refractivity (Wildman–Crippen MR) is 126 cm³/mol. The van der Waals surface area contributed by atoms with Crippen LogP contribution in [0.25, 0.3) is 5.57 Å². The molecule has 1 aliphatic heterocycles. The van der Waals surface area contributed by atoms with Crippen LogP contribution in [-0.4, -0.2) is 30.6 Å². The summed E-state index contributed by atoms with van der Waals surface area (Å²) >= 11 is 1.72. The molecule has 2 heterocycles. The van der Waals surface area contributed by atoms with Crippen molar-refractivity contribution in [2.75, 3.05) is 13.7 Å². The molecule has 5 nitrogen and oxygen atoms in total. The molecule has 6 heteroatoms. The summed E-state index contributed by atoms with van der Waals surface area (Å²) in [5, 5.41) is 2.09. The maximum absolute atomic E-state index is 13.0. The van der Waals surface area contributed by atoms with Gasteiger partial charge in [-0.25, -0.2) is 9.59 Å². The van der Waals surface area contributed by atoms with Crippen LogP contribution in [0.5, 0.6) is 0 Å². The molecule has 0 aliphatic carbocycles. The first kappa shape index (κ1) is 21.8. The van der Waals surface area contributed by atoms with Gasteiger partial charge in [0.05, 0.1) is 18.7 Å². The van der Waals surface area contributed by atoms with E-state index in [1.54, 1.807) is 28.4 Å². The Kier molecular flexibility index (Phi) is 6.71. The molecule has 164 valence electrons. The van der Waals surface area contributed by atoms with E-state index in [0.717, 1.165) is 17.5 Å². The van der Waals surface area contributed by atoms with Crippen molar-refractivity contribution in [2.24, 2.45) is 0 Å². The van der Waals surface area contributed by atoms with Crippen LogP contribution < -0.4 is 0 Å². The summed E-state index contributed by atoms with van der Waals surface area (Å²) in [6, 6.07) is 18.7. The van der Waals surface area contributed by atoms with Gasteiger partial charge in [-0.1, -0.05) is 48.5 Å². The lowest BCUT2D eigenvalue weighted by atomic mass is 9.92. The highest BCUT2D eigenvalue weighted by molar-refractivity contribution is 7.10. The average Bonchev–Trinajstić information content (AvgIpc) is 3.28. The normalized spacial score (nSPS) is 15.8. The van der Waals surface area contributed by atoms with Crippen molar-refractivity contribution in [1.29, 1.82) is 0 Å². The van der Waals surface area contributed by atoms with Crippen molar-refractivity contribution in [3.63, 3.8) is 0 Å². The summed E-state index contributed by atoms with van der Waals surface area (Å²) in [6.07, 6.45) is 2.54. The fourth-order valence-corrected chi connectivity index (χ4v) is 4.64. The van der Waals surface area contributed by atoms with Crippen LogP contribution in [-0.2, 0) is 16.1 Å². The lowest BCUT2D eigenvalue weighted by Crippen LogP contribution is -2.37. The quantitative estimate of drug-likeness (QED) is 0.450. The van der Waals surface area contributed by atoms with Crippen LogP contribution >= 0.6 is 11.3 Å². The summed E-state index contributed by atoms with van der Waals surface area (Å²) in [6.45, 7) is 2.89. The fourth-order valence-electron chi connectivity index (χ4n) is 3.90. The van der Waals surface area contributed by atoms with Crippen LogP contribution in [0, 0.1) is 6.92 Å². The minimum atomic E-state index is -0.385. The number of carbonyl (C=O) groups excluding carboxylic acids is 2. The van der Waals surface area contributed by atoms with Crippen LogP contribution in [0.3, 0.4) is 0 Å². The number of carbonyl (C=O) groups is 2. The number of thiophene rings is 1. The van der Waals surface area contributed by atoms with Gasteiger partial charge in [0.15, 0.2) is 0 Å². The minimum absolute atomic E-state index is 0.227. The Morgan fingerprint density at radius 1 is 1.06 bits per heavy atom. The monoisotopic (exact) mass is 447 g/mol. The smallest absolute Gasteiger partial charge is 0.410 e. The number of nitrogens with zero attached hydrogens (tertiary/aromatic N) is 1. The van der Waals surface area contributed by atoms with Gasteiger partial charge in [0.25, 0.3) is 0 Å². The number of benzene rings is 2. The molecule has 4 rings (SSSR count). The molecule has 0 saturated carbocycles. The second kappa shape index (κ2) is 9.83. The second-order valence-electron chi connectivity index (χ2n) is 7.62. The van der Waals surface area contributed by atoms with Gasteiger partial charge >= 0.3 is 12.1 Å². The molecule has 32 heavy (non-hydrogen) atoms. The molecule has 0 radical (unpaired) electrons. The molecule has 0 fully saturated rings. The molecule has 0 bridgehead atoms. The molecule has 1 aliphatic rings. The summed E-state index contributed by atoms with van der Waals surface area (Å²) < 4.78 is 10.4. The molecular formula is C26H25NO4S. The maximum Gasteiger partial charge on any atom is 0.410 e. The number of hydrogen-bond donors (Lipinski definition) is 0. The molecule has 0 N–H and O–H groups in total. The van der Waals surface area contributed by atoms with E-state index in [9.17, 15) is 9.59 Å². The Morgan fingerprint density at radius 3 is 2.47 bits per heavy atom. The third-order valence-electron chi connectivity index (χ3n) is 5.63. The average molecular weight is 448 g/mol. The SMILES string of the molecule is COC(=O)c1ccc([C@@H]2C=C(c3ccsc3C)CCN2C(=O)OCc2ccccc2)cc1. The van der Waals surface area contributed by atoms with Gasteiger partial charge in [0.1, 0.15) is 6.61 Å². The Labute approximate surface area is 191 Å². The van der Waals surface area contributed by atoms with Gasteiger partial charge < -0.3 is 9.47 Å². The number of esters is 1. The molecule has 0 unspecified atom stereocenters. The highest BCUT2D eigenvalue weighted by Crippen LogP contribution is 2.36. The molecule has 1 atom stereocenters. The van der Waals surface area contributed by atoms with E-state index in [1.807, 2.05) is 42.5 Å². The number of aryl methyl sites for hydroxylation is 1. The van der Waals surface area contributed by atoms with E-state index in [1.165, 1.54) is 23.1 Å². The molecule has 2 aromatic carbocycles. The Balaban J connectivity index is 1.61. The number of hydrogen-bond acceptors (Lipinski definition) is 5. The van der Waals surface area contributed by atoms with Gasteiger partial charge in [-0.3, -0.25) is 4.90 Å². The van der Waals surface area contributed by atoms with E-state index in [0.29, 0.717) is 12.1 Å². The lowest BCUT2D eigenvalue weighted by Gasteiger charge is -2.34. The van der Waals surface area contributed by atoms with E-state index < -0.39 is 0 Å². The van der Waals surface area contributed by atoms with Gasteiger partial charge in [0, 0.05) is 11.4 Å². The van der Waals surface area contributed by atoms with E-state index in [2.05, 4.69) is 24.4 Å². The van der Waals surface area contributed by atoms with Crippen LogP contribution in [0.1, 0.15) is 44.4 Å². The Bertz CT molecular complexity index is 1120. The molecule has 0 spiro atoms. The maximum atomic E-state index is 13.0. The topological polar surface area (TPSA) is 55.8 Å². The zero-order valence-corrected chi connectivity index (χ0v) is 18.9. The largest absolute Gasteiger partial charge is 0.465 e. The molecule has 0 saturated heterocycles. The fraction of sp³-hybridized carbons (Fsp3) is 0.231. The lowest BCUT2D eigenvalue weighted by molar-refractivity contribution is 0.0600. The summed E-state index contributed by atoms with van der Waals surface area (Å²) in [4.78, 5) is 27.9. The Morgan fingerprint density at radius 2 is 1.81 bits per heavy atom. The first-order valence-corrected chi connectivity index (χ1v) is 11.4. The Hall–Kier alpha value is -3.38. The first-order valence-electron chi connectivity index (χ1n) is 10.5. The minimum Gasteiger partial charge on any atom is -0.465 e.